The van der Waals surface area contributed by atoms with E-state index in [0.717, 1.165) is 33.4 Å². The SMILES string of the molecule is C=CC1=C(C(=O)OC(c2ccccc2)c2ccccc2)N2C(=O)[C@@H](N3CN([C@@H]4C(=O)N5C(C(=O)OC(c6ccccc6)c6ccccc6)=C(C=C)CS[C@H]45)CN([C@@H]4C(=O)N5C(C(=O)OC(c6ccccc6)c6ccccc6)=C(C=C)CS[C@H]45)C3)[C@H]2SC1. The first kappa shape index (κ1) is 57.6. The molecule has 0 radical (unpaired) electrons. The number of allylic oxidation sites excluding steroid dienone is 3. The van der Waals surface area contributed by atoms with E-state index in [4.69, 9.17) is 14.2 Å². The molecule has 0 saturated carbocycles. The molecule has 7 heterocycles. The maximum atomic E-state index is 15.2. The minimum atomic E-state index is -0.819. The number of carbonyl (C=O) groups excluding carboxylic acids is 6. The van der Waals surface area contributed by atoms with Crippen molar-refractivity contribution in [2.45, 2.75) is 52.6 Å². The van der Waals surface area contributed by atoms with Gasteiger partial charge >= 0.3 is 17.9 Å². The molecule has 0 aromatic heterocycles. The van der Waals surface area contributed by atoms with Gasteiger partial charge in [0.1, 0.15) is 51.3 Å². The number of rotatable bonds is 18. The molecule has 0 unspecified atom stereocenters. The third kappa shape index (κ3) is 10.6. The normalized spacial score (nSPS) is 23.1. The van der Waals surface area contributed by atoms with Crippen LogP contribution in [0.1, 0.15) is 51.7 Å². The Balaban J connectivity index is 0.806. The second kappa shape index (κ2) is 24.7. The van der Waals surface area contributed by atoms with Crippen molar-refractivity contribution in [3.63, 3.8) is 0 Å². The zero-order chi connectivity index (χ0) is 59.9. The summed E-state index contributed by atoms with van der Waals surface area (Å²) in [7, 11) is 0. The minimum Gasteiger partial charge on any atom is -0.448 e. The molecular formula is C69H60N6O9S3. The summed E-state index contributed by atoms with van der Waals surface area (Å²) >= 11 is 4.48. The first-order valence-corrected chi connectivity index (χ1v) is 31.8. The molecule has 7 aliphatic heterocycles. The summed E-state index contributed by atoms with van der Waals surface area (Å²) in [5, 5.41) is -1.72. The van der Waals surface area contributed by atoms with E-state index >= 15 is 14.4 Å². The molecule has 6 atom stereocenters. The summed E-state index contributed by atoms with van der Waals surface area (Å²) < 4.78 is 19.2. The number of amides is 3. The highest BCUT2D eigenvalue weighted by Crippen LogP contribution is 2.50. The van der Waals surface area contributed by atoms with Crippen molar-refractivity contribution in [3.05, 3.63) is 287 Å². The Morgan fingerprint density at radius 1 is 0.368 bits per heavy atom. The standard InChI is InChI=1S/C69H60N6O9S3/c1-4-43-37-85-64-55(61(76)73(64)52(43)67(79)82-58(46-25-13-7-14-26-46)47-27-15-8-16-28-47)70-40-71(56-62(77)74-53(44(5-2)38-86-65(56)74)68(80)83-59(48-29-17-9-18-30-48)49-31-19-10-20-32-49)42-72(41-70)57-63(78)75-54(45(6-3)39-87-66(57)75)69(81)84-60(50-33-21-11-22-34-50)51-35-23-12-24-36-51/h4-36,55-60,64-66H,1-3,37-42H2/t55-,56-,57-,64-,65-,66-/m1/s1. The zero-order valence-electron chi connectivity index (χ0n) is 47.2. The zero-order valence-corrected chi connectivity index (χ0v) is 49.6. The third-order valence-electron chi connectivity index (χ3n) is 16.8. The molecule has 15 nitrogen and oxygen atoms in total. The molecule has 18 heteroatoms. The summed E-state index contributed by atoms with van der Waals surface area (Å²) in [6, 6.07) is 54.2. The Labute approximate surface area is 517 Å². The average molecular weight is 1210 g/mol. The van der Waals surface area contributed by atoms with Gasteiger partial charge < -0.3 is 14.2 Å². The predicted octanol–water partition coefficient (Wildman–Crippen LogP) is 9.95. The molecule has 7 aliphatic rings. The van der Waals surface area contributed by atoms with Crippen molar-refractivity contribution in [2.24, 2.45) is 0 Å². The van der Waals surface area contributed by atoms with Crippen molar-refractivity contribution in [1.82, 2.24) is 29.4 Å². The summed E-state index contributed by atoms with van der Waals surface area (Å²) in [5.74, 6) is -2.05. The Bertz CT molecular complexity index is 3280. The second-order valence-corrected chi connectivity index (χ2v) is 25.1. The number of fused-ring (bicyclic) bond motifs is 3. The van der Waals surface area contributed by atoms with E-state index in [9.17, 15) is 14.4 Å². The lowest BCUT2D eigenvalue weighted by Crippen LogP contribution is -2.80. The Kier molecular flexibility index (Phi) is 16.4. The number of β-lactam (4-membered cyclic amide) rings is 3. The first-order valence-electron chi connectivity index (χ1n) is 28.6. The van der Waals surface area contributed by atoms with Crippen molar-refractivity contribution in [2.75, 3.05) is 37.3 Å². The van der Waals surface area contributed by atoms with Crippen LogP contribution in [-0.2, 0) is 43.0 Å². The molecule has 13 rings (SSSR count). The lowest BCUT2D eigenvalue weighted by molar-refractivity contribution is -0.185. The first-order chi connectivity index (χ1) is 42.6. The van der Waals surface area contributed by atoms with Crippen LogP contribution >= 0.6 is 35.3 Å². The van der Waals surface area contributed by atoms with Gasteiger partial charge in [-0.2, -0.15) is 0 Å². The van der Waals surface area contributed by atoms with E-state index in [1.807, 2.05) is 197 Å². The van der Waals surface area contributed by atoms with Gasteiger partial charge in [-0.15, -0.1) is 35.3 Å². The Morgan fingerprint density at radius 3 is 0.770 bits per heavy atom. The predicted molar refractivity (Wildman–Crippen MR) is 335 cm³/mol. The van der Waals surface area contributed by atoms with Gasteiger partial charge in [-0.05, 0) is 50.1 Å². The van der Waals surface area contributed by atoms with Crippen LogP contribution in [-0.4, -0.2) is 137 Å². The van der Waals surface area contributed by atoms with Crippen LogP contribution < -0.4 is 0 Å². The van der Waals surface area contributed by atoms with E-state index in [2.05, 4.69) is 19.7 Å². The largest absolute Gasteiger partial charge is 0.448 e. The Morgan fingerprint density at radius 2 is 0.575 bits per heavy atom. The van der Waals surface area contributed by atoms with Crippen LogP contribution in [0.3, 0.4) is 0 Å². The fourth-order valence-corrected chi connectivity index (χ4v) is 16.8. The van der Waals surface area contributed by atoms with Gasteiger partial charge in [-0.25, -0.2) is 14.4 Å². The number of carbonyl (C=O) groups is 6. The quantitative estimate of drug-likeness (QED) is 0.0456. The van der Waals surface area contributed by atoms with Gasteiger partial charge in [-0.1, -0.05) is 220 Å². The van der Waals surface area contributed by atoms with Crippen molar-refractivity contribution in [1.29, 1.82) is 0 Å². The van der Waals surface area contributed by atoms with Crippen LogP contribution in [0.15, 0.2) is 254 Å². The lowest BCUT2D eigenvalue weighted by Gasteiger charge is -2.61. The number of ether oxygens (including phenoxy) is 3. The fraction of sp³-hybridized carbons (Fsp3) is 0.217. The molecule has 438 valence electrons. The highest BCUT2D eigenvalue weighted by Gasteiger charge is 2.63. The molecule has 0 bridgehead atoms. The lowest BCUT2D eigenvalue weighted by atomic mass is 9.97. The monoisotopic (exact) mass is 1210 g/mol. The number of hydrogen-bond donors (Lipinski definition) is 0. The highest BCUT2D eigenvalue weighted by molar-refractivity contribution is 8.00. The molecule has 87 heavy (non-hydrogen) atoms. The van der Waals surface area contributed by atoms with Crippen LogP contribution in [0.4, 0.5) is 0 Å². The van der Waals surface area contributed by atoms with E-state index in [0.29, 0.717) is 34.0 Å². The van der Waals surface area contributed by atoms with E-state index in [1.54, 1.807) is 18.2 Å². The Hall–Kier alpha value is -8.49. The van der Waals surface area contributed by atoms with Gasteiger partial charge in [-0.3, -0.25) is 43.8 Å². The molecular weight excluding hydrogens is 1150 g/mol. The summed E-state index contributed by atoms with van der Waals surface area (Å²) in [6.45, 7) is 12.5. The van der Waals surface area contributed by atoms with E-state index < -0.39 is 70.5 Å². The molecule has 0 N–H and O–H groups in total. The van der Waals surface area contributed by atoms with Crippen molar-refractivity contribution in [3.8, 4) is 0 Å². The number of thioether (sulfide) groups is 3. The van der Waals surface area contributed by atoms with Crippen LogP contribution in [0, 0.1) is 0 Å². The molecule has 0 spiro atoms. The smallest absolute Gasteiger partial charge is 0.356 e. The molecule has 0 aliphatic carbocycles. The minimum absolute atomic E-state index is 0.112. The molecule has 6 aromatic carbocycles. The third-order valence-corrected chi connectivity index (χ3v) is 20.7. The molecule has 3 amide bonds. The van der Waals surface area contributed by atoms with Gasteiger partial charge in [0.05, 0.1) is 20.0 Å². The second-order valence-electron chi connectivity index (χ2n) is 21.8. The molecule has 6 aromatic rings. The highest BCUT2D eigenvalue weighted by atomic mass is 32.2. The van der Waals surface area contributed by atoms with Gasteiger partial charge in [0.15, 0.2) is 18.3 Å². The topological polar surface area (TPSA) is 150 Å². The summed E-state index contributed by atoms with van der Waals surface area (Å²) in [6.07, 6.45) is 2.45. The van der Waals surface area contributed by atoms with Gasteiger partial charge in [0.25, 0.3) is 0 Å². The van der Waals surface area contributed by atoms with Gasteiger partial charge in [0, 0.05) is 17.3 Å². The van der Waals surface area contributed by atoms with Crippen LogP contribution in [0.25, 0.3) is 0 Å². The molecule has 4 saturated heterocycles. The van der Waals surface area contributed by atoms with Crippen molar-refractivity contribution >= 4 is 70.9 Å². The van der Waals surface area contributed by atoms with E-state index in [1.165, 1.54) is 50.0 Å². The van der Waals surface area contributed by atoms with Crippen LogP contribution in [0.5, 0.6) is 0 Å². The van der Waals surface area contributed by atoms with E-state index in [-0.39, 0.29) is 54.8 Å². The fourth-order valence-electron chi connectivity index (χ4n) is 12.5. The van der Waals surface area contributed by atoms with Crippen LogP contribution in [0.2, 0.25) is 0 Å². The number of nitrogens with zero attached hydrogens (tertiary/aromatic N) is 6. The average Bonchev–Trinajstić information content (AvgIpc) is 0.795. The van der Waals surface area contributed by atoms with Gasteiger partial charge in [0.2, 0.25) is 17.7 Å². The molecule has 4 fully saturated rings. The number of hydrogen-bond acceptors (Lipinski definition) is 15. The number of esters is 3. The maximum absolute atomic E-state index is 15.2. The number of benzene rings is 6. The van der Waals surface area contributed by atoms with Crippen molar-refractivity contribution < 1.29 is 43.0 Å². The summed E-state index contributed by atoms with van der Waals surface area (Å²) in [5.41, 5.74) is 6.55. The maximum Gasteiger partial charge on any atom is 0.356 e. The summed E-state index contributed by atoms with van der Waals surface area (Å²) in [4.78, 5) is 100.